The van der Waals surface area contributed by atoms with E-state index in [0.717, 1.165) is 5.92 Å². The summed E-state index contributed by atoms with van der Waals surface area (Å²) >= 11 is 0. The van der Waals surface area contributed by atoms with E-state index in [1.54, 1.807) is 0 Å². The normalized spacial score (nSPS) is 17.3. The van der Waals surface area contributed by atoms with Gasteiger partial charge in [0, 0.05) is 0 Å². The average Bonchev–Trinajstić information content (AvgIpc) is 2.11. The fourth-order valence-corrected chi connectivity index (χ4v) is 0.625. The molecule has 9 heavy (non-hydrogen) atoms. The third kappa shape index (κ3) is 11.5. The fourth-order valence-electron chi connectivity index (χ4n) is 0.625. The second-order valence-corrected chi connectivity index (χ2v) is 3.19. The van der Waals surface area contributed by atoms with Crippen molar-refractivity contribution >= 4 is 0 Å². The lowest BCUT2D eigenvalue weighted by atomic mass is 10.3. The van der Waals surface area contributed by atoms with Gasteiger partial charge in [0.2, 0.25) is 0 Å². The van der Waals surface area contributed by atoms with Crippen LogP contribution in [0.2, 0.25) is 0 Å². The second kappa shape index (κ2) is 6.09. The highest BCUT2D eigenvalue weighted by Gasteiger charge is 1.93. The number of nitrogens with one attached hydrogen (secondary N) is 1. The molecule has 0 aromatic carbocycles. The standard InChI is InChI=1S/C4H9N.C4H10/c1-2-4-5-3-1;1-4(2)3/h5H,1-4H2;4H,1-3H3. The smallest absolute Gasteiger partial charge is 0.00484 e. The first kappa shape index (κ1) is 8.96. The van der Waals surface area contributed by atoms with E-state index >= 15 is 0 Å². The molecule has 1 heteroatoms. The minimum Gasteiger partial charge on any atom is -0.317 e. The predicted octanol–water partition coefficient (Wildman–Crippen LogP) is 2.03. The van der Waals surface area contributed by atoms with Crippen LogP contribution in [0.3, 0.4) is 0 Å². The minimum absolute atomic E-state index is 0.833. The Bertz CT molecular complexity index is 36.2. The van der Waals surface area contributed by atoms with Crippen molar-refractivity contribution in [1.29, 1.82) is 0 Å². The number of hydrogen-bond acceptors (Lipinski definition) is 1. The molecular formula is C8H19N. The Morgan fingerprint density at radius 2 is 1.33 bits per heavy atom. The lowest BCUT2D eigenvalue weighted by Gasteiger charge is -1.79. The summed E-state index contributed by atoms with van der Waals surface area (Å²) in [6.07, 6.45) is 2.78. The molecule has 0 spiro atoms. The van der Waals surface area contributed by atoms with Crippen LogP contribution >= 0.6 is 0 Å². The van der Waals surface area contributed by atoms with Crippen LogP contribution < -0.4 is 5.32 Å². The summed E-state index contributed by atoms with van der Waals surface area (Å²) in [7, 11) is 0. The van der Waals surface area contributed by atoms with Gasteiger partial charge in [0.1, 0.15) is 0 Å². The van der Waals surface area contributed by atoms with Gasteiger partial charge in [-0.3, -0.25) is 0 Å². The molecule has 1 nitrogen and oxygen atoms in total. The first-order chi connectivity index (χ1) is 4.23. The van der Waals surface area contributed by atoms with Crippen LogP contribution in [-0.4, -0.2) is 13.1 Å². The van der Waals surface area contributed by atoms with Crippen LogP contribution in [0, 0.1) is 5.92 Å². The molecule has 0 saturated carbocycles. The summed E-state index contributed by atoms with van der Waals surface area (Å²) in [4.78, 5) is 0. The van der Waals surface area contributed by atoms with Crippen LogP contribution in [-0.2, 0) is 0 Å². The van der Waals surface area contributed by atoms with Gasteiger partial charge in [-0.2, -0.15) is 0 Å². The van der Waals surface area contributed by atoms with Gasteiger partial charge in [-0.05, 0) is 31.8 Å². The molecule has 1 N–H and O–H groups in total. The van der Waals surface area contributed by atoms with Gasteiger partial charge in [-0.25, -0.2) is 0 Å². The molecule has 0 aliphatic carbocycles. The molecule has 0 atom stereocenters. The second-order valence-electron chi connectivity index (χ2n) is 3.19. The van der Waals surface area contributed by atoms with E-state index in [1.807, 2.05) is 0 Å². The molecular weight excluding hydrogens is 110 g/mol. The lowest BCUT2D eigenvalue weighted by Crippen LogP contribution is -2.03. The van der Waals surface area contributed by atoms with Gasteiger partial charge in [-0.1, -0.05) is 20.8 Å². The first-order valence-corrected chi connectivity index (χ1v) is 3.94. The molecule has 0 radical (unpaired) electrons. The van der Waals surface area contributed by atoms with Crippen molar-refractivity contribution in [2.75, 3.05) is 13.1 Å². The molecule has 0 amide bonds. The Labute approximate surface area is 58.8 Å². The average molecular weight is 129 g/mol. The zero-order valence-corrected chi connectivity index (χ0v) is 6.91. The van der Waals surface area contributed by atoms with Crippen LogP contribution in [0.25, 0.3) is 0 Å². The largest absolute Gasteiger partial charge is 0.317 e. The van der Waals surface area contributed by atoms with Crippen LogP contribution in [0.4, 0.5) is 0 Å². The predicted molar refractivity (Wildman–Crippen MR) is 42.6 cm³/mol. The SMILES string of the molecule is C1CCNC1.CC(C)C. The molecule has 0 unspecified atom stereocenters. The van der Waals surface area contributed by atoms with Crippen molar-refractivity contribution in [3.63, 3.8) is 0 Å². The third-order valence-electron chi connectivity index (χ3n) is 0.957. The third-order valence-corrected chi connectivity index (χ3v) is 0.957. The number of rotatable bonds is 0. The molecule has 1 fully saturated rings. The highest BCUT2D eigenvalue weighted by molar-refractivity contribution is 4.55. The van der Waals surface area contributed by atoms with Gasteiger partial charge in [0.05, 0.1) is 0 Å². The quantitative estimate of drug-likeness (QED) is 0.527. The highest BCUT2D eigenvalue weighted by atomic mass is 14.9. The maximum atomic E-state index is 3.22. The van der Waals surface area contributed by atoms with Crippen molar-refractivity contribution in [1.82, 2.24) is 5.32 Å². The number of hydrogen-bond donors (Lipinski definition) is 1. The molecule has 0 bridgehead atoms. The molecule has 0 aromatic heterocycles. The van der Waals surface area contributed by atoms with Gasteiger partial charge in [-0.15, -0.1) is 0 Å². The maximum Gasteiger partial charge on any atom is -0.00484 e. The Hall–Kier alpha value is -0.0400. The van der Waals surface area contributed by atoms with Crippen molar-refractivity contribution in [3.8, 4) is 0 Å². The Balaban J connectivity index is 0.000000148. The van der Waals surface area contributed by atoms with Gasteiger partial charge < -0.3 is 5.32 Å². The highest BCUT2D eigenvalue weighted by Crippen LogP contribution is 1.90. The van der Waals surface area contributed by atoms with Crippen molar-refractivity contribution in [3.05, 3.63) is 0 Å². The van der Waals surface area contributed by atoms with Crippen LogP contribution in [0.1, 0.15) is 33.6 Å². The van der Waals surface area contributed by atoms with Crippen LogP contribution in [0.5, 0.6) is 0 Å². The van der Waals surface area contributed by atoms with Gasteiger partial charge in [0.15, 0.2) is 0 Å². The van der Waals surface area contributed by atoms with E-state index < -0.39 is 0 Å². The molecule has 1 aliphatic rings. The summed E-state index contributed by atoms with van der Waals surface area (Å²) < 4.78 is 0. The van der Waals surface area contributed by atoms with Gasteiger partial charge in [0.25, 0.3) is 0 Å². The van der Waals surface area contributed by atoms with Crippen molar-refractivity contribution < 1.29 is 0 Å². The summed E-state index contributed by atoms with van der Waals surface area (Å²) in [5.74, 6) is 0.833. The maximum absolute atomic E-state index is 3.22. The van der Waals surface area contributed by atoms with E-state index in [2.05, 4.69) is 26.1 Å². The molecule has 1 heterocycles. The fraction of sp³-hybridized carbons (Fsp3) is 1.00. The zero-order chi connectivity index (χ0) is 7.11. The molecule has 1 aliphatic heterocycles. The van der Waals surface area contributed by atoms with Crippen LogP contribution in [0.15, 0.2) is 0 Å². The van der Waals surface area contributed by atoms with Gasteiger partial charge >= 0.3 is 0 Å². The summed E-state index contributed by atoms with van der Waals surface area (Å²) in [5.41, 5.74) is 0. The Morgan fingerprint density at radius 3 is 1.44 bits per heavy atom. The summed E-state index contributed by atoms with van der Waals surface area (Å²) in [5, 5.41) is 3.22. The van der Waals surface area contributed by atoms with Crippen molar-refractivity contribution in [2.24, 2.45) is 5.92 Å². The minimum atomic E-state index is 0.833. The molecule has 1 saturated heterocycles. The Kier molecular flexibility index (Phi) is 6.06. The zero-order valence-electron chi connectivity index (χ0n) is 6.91. The van der Waals surface area contributed by atoms with E-state index in [-0.39, 0.29) is 0 Å². The lowest BCUT2D eigenvalue weighted by molar-refractivity contribution is 0.737. The van der Waals surface area contributed by atoms with E-state index in [4.69, 9.17) is 0 Å². The van der Waals surface area contributed by atoms with E-state index in [9.17, 15) is 0 Å². The topological polar surface area (TPSA) is 12.0 Å². The summed E-state index contributed by atoms with van der Waals surface area (Å²) in [6, 6.07) is 0. The molecule has 1 rings (SSSR count). The van der Waals surface area contributed by atoms with E-state index in [1.165, 1.54) is 25.9 Å². The Morgan fingerprint density at radius 1 is 1.00 bits per heavy atom. The monoisotopic (exact) mass is 129 g/mol. The van der Waals surface area contributed by atoms with Crippen molar-refractivity contribution in [2.45, 2.75) is 33.6 Å². The molecule has 0 aromatic rings. The summed E-state index contributed by atoms with van der Waals surface area (Å²) in [6.45, 7) is 9.00. The molecule has 56 valence electrons. The first-order valence-electron chi connectivity index (χ1n) is 3.94. The van der Waals surface area contributed by atoms with E-state index in [0.29, 0.717) is 0 Å².